The monoisotopic (exact) mass is 359 g/mol. The van der Waals surface area contributed by atoms with Gasteiger partial charge >= 0.3 is 0 Å². The zero-order valence-corrected chi connectivity index (χ0v) is 14.8. The van der Waals surface area contributed by atoms with Crippen LogP contribution in [0.4, 0.5) is 5.95 Å². The first kappa shape index (κ1) is 16.7. The second kappa shape index (κ2) is 6.42. The lowest BCUT2D eigenvalue weighted by molar-refractivity contribution is 0.813. The first-order chi connectivity index (χ1) is 11.1. The highest BCUT2D eigenvalue weighted by Gasteiger charge is 2.41. The number of benzene rings is 1. The lowest BCUT2D eigenvalue weighted by Gasteiger charge is -2.06. The third kappa shape index (κ3) is 2.97. The topological polar surface area (TPSA) is 60.9 Å². The molecule has 124 valence electrons. The Morgan fingerprint density at radius 1 is 1.17 bits per heavy atom. The van der Waals surface area contributed by atoms with Gasteiger partial charge in [0, 0.05) is 19.0 Å². The molecule has 6 heteroatoms. The lowest BCUT2D eigenvalue weighted by atomic mass is 10.0. The van der Waals surface area contributed by atoms with Crippen molar-refractivity contribution in [3.05, 3.63) is 68.8 Å². The fourth-order valence-corrected chi connectivity index (χ4v) is 3.67. The van der Waals surface area contributed by atoms with Crippen LogP contribution in [0.15, 0.2) is 52.0 Å². The molecule has 0 aliphatic heterocycles. The molecule has 2 heterocycles. The molecule has 2 N–H and O–H groups in total. The van der Waals surface area contributed by atoms with Gasteiger partial charge in [-0.05, 0) is 45.9 Å². The minimum Gasteiger partial charge on any atom is -0.369 e. The Balaban J connectivity index is 0.00000169. The largest absolute Gasteiger partial charge is 0.369 e. The molecule has 0 radical (unpaired) electrons. The van der Waals surface area contributed by atoms with Crippen LogP contribution in [0.2, 0.25) is 0 Å². The van der Waals surface area contributed by atoms with Crippen LogP contribution in [-0.4, -0.2) is 9.55 Å². The molecule has 1 aliphatic rings. The highest BCUT2D eigenvalue weighted by atomic mass is 35.5. The van der Waals surface area contributed by atoms with E-state index in [1.54, 1.807) is 24.5 Å². The van der Waals surface area contributed by atoms with Gasteiger partial charge in [-0.1, -0.05) is 24.3 Å². The van der Waals surface area contributed by atoms with Gasteiger partial charge in [-0.25, -0.2) is 4.98 Å². The van der Waals surface area contributed by atoms with E-state index in [1.165, 1.54) is 21.3 Å². The molecule has 0 bridgehead atoms. The molecule has 1 aliphatic carbocycles. The fraction of sp³-hybridized carbons (Fsp3) is 0.222. The second-order valence-electron chi connectivity index (χ2n) is 6.02. The minimum atomic E-state index is -0.0917. The average molecular weight is 360 g/mol. The fourth-order valence-electron chi connectivity index (χ4n) is 3.01. The van der Waals surface area contributed by atoms with E-state index in [9.17, 15) is 4.79 Å². The van der Waals surface area contributed by atoms with E-state index in [4.69, 9.17) is 5.73 Å². The van der Waals surface area contributed by atoms with Gasteiger partial charge < -0.3 is 5.73 Å². The molecule has 2 atom stereocenters. The Bertz CT molecular complexity index is 903. The number of rotatable bonds is 3. The van der Waals surface area contributed by atoms with Crippen LogP contribution < -0.4 is 11.3 Å². The van der Waals surface area contributed by atoms with E-state index in [-0.39, 0.29) is 23.9 Å². The van der Waals surface area contributed by atoms with Crippen molar-refractivity contribution in [2.75, 3.05) is 5.73 Å². The Kier molecular flexibility index (Phi) is 4.47. The third-order valence-electron chi connectivity index (χ3n) is 4.55. The van der Waals surface area contributed by atoms with E-state index >= 15 is 0 Å². The zero-order valence-electron chi connectivity index (χ0n) is 13.2. The van der Waals surface area contributed by atoms with E-state index in [1.807, 2.05) is 0 Å². The molecule has 1 saturated carbocycles. The van der Waals surface area contributed by atoms with Crippen LogP contribution in [-0.2, 0) is 7.05 Å². The van der Waals surface area contributed by atoms with E-state index < -0.39 is 0 Å². The van der Waals surface area contributed by atoms with Crippen LogP contribution >= 0.6 is 23.7 Å². The van der Waals surface area contributed by atoms with Gasteiger partial charge in [0.25, 0.3) is 5.56 Å². The molecule has 0 spiro atoms. The number of aromatic nitrogens is 2. The molecule has 1 fully saturated rings. The van der Waals surface area contributed by atoms with Crippen LogP contribution in [0, 0.1) is 0 Å². The van der Waals surface area contributed by atoms with Crippen molar-refractivity contribution >= 4 is 29.7 Å². The maximum absolute atomic E-state index is 11.9. The van der Waals surface area contributed by atoms with Crippen LogP contribution in [0.25, 0.3) is 11.1 Å². The van der Waals surface area contributed by atoms with E-state index in [0.717, 1.165) is 12.1 Å². The number of hydrogen-bond acceptors (Lipinski definition) is 4. The number of anilines is 1. The molecular weight excluding hydrogens is 342 g/mol. The minimum absolute atomic E-state index is 0. The van der Waals surface area contributed by atoms with Crippen LogP contribution in [0.3, 0.4) is 0 Å². The van der Waals surface area contributed by atoms with Crippen molar-refractivity contribution in [1.82, 2.24) is 9.55 Å². The summed E-state index contributed by atoms with van der Waals surface area (Å²) in [4.78, 5) is 16.2. The molecule has 0 saturated heterocycles. The average Bonchev–Trinajstić information content (AvgIpc) is 3.17. The number of halogens is 1. The highest BCUT2D eigenvalue weighted by molar-refractivity contribution is 7.08. The molecule has 2 aromatic heterocycles. The SMILES string of the molecule is Cl.Cn1c(N)nc([C@H]2C[C@H]2c2ccc(-c3ccsc3)cc2)cc1=O. The molecule has 0 amide bonds. The normalized spacial score (nSPS) is 18.9. The number of hydrogen-bond donors (Lipinski definition) is 1. The molecule has 4 nitrogen and oxygen atoms in total. The Morgan fingerprint density at radius 2 is 1.92 bits per heavy atom. The van der Waals surface area contributed by atoms with Gasteiger partial charge in [0.05, 0.1) is 5.69 Å². The summed E-state index contributed by atoms with van der Waals surface area (Å²) in [6.07, 6.45) is 1.03. The van der Waals surface area contributed by atoms with Crippen molar-refractivity contribution < 1.29 is 0 Å². The summed E-state index contributed by atoms with van der Waals surface area (Å²) in [6, 6.07) is 12.4. The zero-order chi connectivity index (χ0) is 16.0. The molecule has 1 aromatic carbocycles. The standard InChI is InChI=1S/C18H17N3OS.ClH/c1-21-17(22)9-16(20-18(21)19)15-8-14(15)12-4-2-11(3-5-12)13-6-7-23-10-13;/h2-7,9-10,14-15H,8H2,1H3,(H2,19,20);1H/t14-,15-;/m0./s1. The first-order valence-electron chi connectivity index (χ1n) is 7.59. The summed E-state index contributed by atoms with van der Waals surface area (Å²) >= 11 is 1.71. The summed E-state index contributed by atoms with van der Waals surface area (Å²) in [5.74, 6) is 1.02. The van der Waals surface area contributed by atoms with Gasteiger partial charge in [-0.3, -0.25) is 9.36 Å². The smallest absolute Gasteiger partial charge is 0.254 e. The van der Waals surface area contributed by atoms with Gasteiger partial charge in [0.2, 0.25) is 5.95 Å². The molecule has 3 aromatic rings. The van der Waals surface area contributed by atoms with Crippen molar-refractivity contribution in [3.8, 4) is 11.1 Å². The van der Waals surface area contributed by atoms with Gasteiger partial charge in [0.15, 0.2) is 0 Å². The van der Waals surface area contributed by atoms with Gasteiger partial charge in [0.1, 0.15) is 0 Å². The molecule has 4 rings (SSSR count). The quantitative estimate of drug-likeness (QED) is 0.774. The lowest BCUT2D eigenvalue weighted by Crippen LogP contribution is -2.21. The summed E-state index contributed by atoms with van der Waals surface area (Å²) in [6.45, 7) is 0. The van der Waals surface area contributed by atoms with Crippen molar-refractivity contribution in [3.63, 3.8) is 0 Å². The Labute approximate surface area is 150 Å². The van der Waals surface area contributed by atoms with Gasteiger partial charge in [-0.2, -0.15) is 11.3 Å². The van der Waals surface area contributed by atoms with Crippen LogP contribution in [0.5, 0.6) is 0 Å². The molecular formula is C18H18ClN3OS. The van der Waals surface area contributed by atoms with E-state index in [2.05, 4.69) is 46.1 Å². The predicted octanol–water partition coefficient (Wildman–Crippen LogP) is 3.78. The number of nitrogen functional groups attached to an aromatic ring is 1. The number of nitrogens with two attached hydrogens (primary N) is 1. The summed E-state index contributed by atoms with van der Waals surface area (Å²) in [5.41, 5.74) is 10.3. The first-order valence-corrected chi connectivity index (χ1v) is 8.54. The maximum Gasteiger partial charge on any atom is 0.254 e. The second-order valence-corrected chi connectivity index (χ2v) is 6.80. The number of thiophene rings is 1. The molecule has 24 heavy (non-hydrogen) atoms. The Hall–Kier alpha value is -2.11. The van der Waals surface area contributed by atoms with Crippen molar-refractivity contribution in [2.45, 2.75) is 18.3 Å². The van der Waals surface area contributed by atoms with Crippen LogP contribution in [0.1, 0.15) is 29.5 Å². The number of nitrogens with zero attached hydrogens (tertiary/aromatic N) is 2. The van der Waals surface area contributed by atoms with E-state index in [0.29, 0.717) is 11.8 Å². The van der Waals surface area contributed by atoms with Gasteiger partial charge in [-0.15, -0.1) is 12.4 Å². The predicted molar refractivity (Wildman–Crippen MR) is 101 cm³/mol. The maximum atomic E-state index is 11.9. The van der Waals surface area contributed by atoms with Crippen molar-refractivity contribution in [2.24, 2.45) is 7.05 Å². The third-order valence-corrected chi connectivity index (χ3v) is 5.24. The summed E-state index contributed by atoms with van der Waals surface area (Å²) in [5, 5.41) is 4.24. The Morgan fingerprint density at radius 3 is 2.54 bits per heavy atom. The summed E-state index contributed by atoms with van der Waals surface area (Å²) in [7, 11) is 1.64. The van der Waals surface area contributed by atoms with Crippen molar-refractivity contribution in [1.29, 1.82) is 0 Å². The summed E-state index contributed by atoms with van der Waals surface area (Å²) < 4.78 is 1.37. The molecule has 0 unspecified atom stereocenters. The highest BCUT2D eigenvalue weighted by Crippen LogP contribution is 2.54.